The standard InChI is InChI=1S/C19H16ClN7O2/c1-29-18(28)11-27-24-19(23-25-27)13-6-7-21-16(8-13)17-10-26(12-22-17)9-14-4-2-3-5-15(14)20/h2-8,10,12H,9,11H2,1H3. The lowest BCUT2D eigenvalue weighted by molar-refractivity contribution is -0.141. The minimum absolute atomic E-state index is 0.103. The largest absolute Gasteiger partial charge is 0.468 e. The highest BCUT2D eigenvalue weighted by Crippen LogP contribution is 2.22. The third-order valence-electron chi connectivity index (χ3n) is 4.18. The fourth-order valence-corrected chi connectivity index (χ4v) is 2.91. The lowest BCUT2D eigenvalue weighted by Crippen LogP contribution is -2.14. The first kappa shape index (κ1) is 18.8. The minimum atomic E-state index is -0.451. The topological polar surface area (TPSA) is 101 Å². The Kier molecular flexibility index (Phi) is 5.30. The van der Waals surface area contributed by atoms with Gasteiger partial charge >= 0.3 is 5.97 Å². The minimum Gasteiger partial charge on any atom is -0.468 e. The van der Waals surface area contributed by atoms with E-state index < -0.39 is 5.97 Å². The summed E-state index contributed by atoms with van der Waals surface area (Å²) in [6, 6.07) is 11.3. The molecule has 0 saturated heterocycles. The number of aromatic nitrogens is 7. The Bertz CT molecular complexity index is 1150. The molecule has 1 aromatic carbocycles. The van der Waals surface area contributed by atoms with Gasteiger partial charge in [-0.1, -0.05) is 29.8 Å². The Hall–Kier alpha value is -3.59. The van der Waals surface area contributed by atoms with Crippen molar-refractivity contribution in [2.24, 2.45) is 0 Å². The molecule has 3 aromatic heterocycles. The van der Waals surface area contributed by atoms with E-state index in [1.807, 2.05) is 41.1 Å². The molecule has 0 aliphatic rings. The van der Waals surface area contributed by atoms with E-state index in [4.69, 9.17) is 11.6 Å². The fourth-order valence-electron chi connectivity index (χ4n) is 2.72. The van der Waals surface area contributed by atoms with Gasteiger partial charge in [0, 0.05) is 29.5 Å². The Balaban J connectivity index is 1.54. The van der Waals surface area contributed by atoms with Gasteiger partial charge in [0.05, 0.1) is 19.1 Å². The molecule has 10 heteroatoms. The first-order valence-corrected chi connectivity index (χ1v) is 9.07. The number of esters is 1. The predicted molar refractivity (Wildman–Crippen MR) is 105 cm³/mol. The molecular weight excluding hydrogens is 394 g/mol. The van der Waals surface area contributed by atoms with Gasteiger partial charge in [-0.15, -0.1) is 10.2 Å². The normalized spacial score (nSPS) is 10.8. The van der Waals surface area contributed by atoms with E-state index in [2.05, 4.69) is 30.1 Å². The van der Waals surface area contributed by atoms with Crippen molar-refractivity contribution in [3.05, 3.63) is 65.7 Å². The highest BCUT2D eigenvalue weighted by atomic mass is 35.5. The van der Waals surface area contributed by atoms with Crippen molar-refractivity contribution < 1.29 is 9.53 Å². The van der Waals surface area contributed by atoms with E-state index in [1.54, 1.807) is 18.6 Å². The molecule has 0 aliphatic heterocycles. The molecule has 0 amide bonds. The summed E-state index contributed by atoms with van der Waals surface area (Å²) in [4.78, 5) is 21.3. The van der Waals surface area contributed by atoms with E-state index in [-0.39, 0.29) is 6.54 Å². The number of carbonyl (C=O) groups is 1. The predicted octanol–water partition coefficient (Wildman–Crippen LogP) is 2.47. The summed E-state index contributed by atoms with van der Waals surface area (Å²) in [7, 11) is 1.31. The second-order valence-corrected chi connectivity index (χ2v) is 6.58. The zero-order valence-corrected chi connectivity index (χ0v) is 16.2. The number of ether oxygens (including phenoxy) is 1. The van der Waals surface area contributed by atoms with Crippen LogP contribution in [0.2, 0.25) is 5.02 Å². The van der Waals surface area contributed by atoms with Crippen molar-refractivity contribution in [2.45, 2.75) is 13.1 Å². The van der Waals surface area contributed by atoms with Gasteiger partial charge < -0.3 is 9.30 Å². The summed E-state index contributed by atoms with van der Waals surface area (Å²) < 4.78 is 6.54. The fraction of sp³-hybridized carbons (Fsp3) is 0.158. The summed E-state index contributed by atoms with van der Waals surface area (Å²) in [5.74, 6) is -0.0681. The number of carbonyl (C=O) groups excluding carboxylic acids is 1. The number of halogens is 1. The van der Waals surface area contributed by atoms with Crippen LogP contribution in [-0.2, 0) is 22.6 Å². The number of benzene rings is 1. The summed E-state index contributed by atoms with van der Waals surface area (Å²) in [5.41, 5.74) is 3.10. The molecule has 0 fully saturated rings. The lowest BCUT2D eigenvalue weighted by atomic mass is 10.2. The summed E-state index contributed by atoms with van der Waals surface area (Å²) in [6.07, 6.45) is 5.29. The van der Waals surface area contributed by atoms with Crippen LogP contribution < -0.4 is 0 Å². The van der Waals surface area contributed by atoms with Crippen molar-refractivity contribution in [3.63, 3.8) is 0 Å². The number of imidazole rings is 1. The van der Waals surface area contributed by atoms with Gasteiger partial charge in [0.2, 0.25) is 5.82 Å². The molecule has 0 saturated carbocycles. The van der Waals surface area contributed by atoms with Crippen LogP contribution in [0, 0.1) is 0 Å². The molecule has 0 bridgehead atoms. The molecule has 3 heterocycles. The summed E-state index contributed by atoms with van der Waals surface area (Å²) >= 11 is 6.23. The van der Waals surface area contributed by atoms with Crippen LogP contribution in [-0.4, -0.2) is 47.8 Å². The van der Waals surface area contributed by atoms with Crippen LogP contribution in [0.4, 0.5) is 0 Å². The van der Waals surface area contributed by atoms with Gasteiger partial charge in [0.1, 0.15) is 5.69 Å². The molecule has 0 radical (unpaired) electrons. The number of rotatable bonds is 6. The van der Waals surface area contributed by atoms with Gasteiger partial charge in [-0.3, -0.25) is 4.98 Å². The monoisotopic (exact) mass is 409 g/mol. The Morgan fingerprint density at radius 1 is 1.17 bits per heavy atom. The molecule has 0 N–H and O–H groups in total. The first-order valence-electron chi connectivity index (χ1n) is 8.69. The molecule has 0 unspecified atom stereocenters. The zero-order chi connectivity index (χ0) is 20.2. The quantitative estimate of drug-likeness (QED) is 0.451. The van der Waals surface area contributed by atoms with Crippen LogP contribution in [0.25, 0.3) is 22.8 Å². The molecule has 9 nitrogen and oxygen atoms in total. The van der Waals surface area contributed by atoms with Crippen molar-refractivity contribution in [1.82, 2.24) is 34.7 Å². The van der Waals surface area contributed by atoms with Crippen molar-refractivity contribution in [3.8, 4) is 22.8 Å². The highest BCUT2D eigenvalue weighted by molar-refractivity contribution is 6.31. The summed E-state index contributed by atoms with van der Waals surface area (Å²) in [6.45, 7) is 0.504. The number of methoxy groups -OCH3 is 1. The summed E-state index contributed by atoms with van der Waals surface area (Å²) in [5, 5.41) is 12.8. The van der Waals surface area contributed by atoms with Crippen molar-refractivity contribution in [1.29, 1.82) is 0 Å². The van der Waals surface area contributed by atoms with Crippen molar-refractivity contribution in [2.75, 3.05) is 7.11 Å². The van der Waals surface area contributed by atoms with E-state index in [0.29, 0.717) is 34.3 Å². The number of nitrogens with zero attached hydrogens (tertiary/aromatic N) is 7. The van der Waals surface area contributed by atoms with Crippen LogP contribution >= 0.6 is 11.6 Å². The second kappa shape index (κ2) is 8.19. The van der Waals surface area contributed by atoms with Gasteiger partial charge in [-0.2, -0.15) is 4.80 Å². The molecule has 4 rings (SSSR count). The maximum atomic E-state index is 11.3. The van der Waals surface area contributed by atoms with E-state index in [0.717, 1.165) is 5.56 Å². The second-order valence-electron chi connectivity index (χ2n) is 6.17. The van der Waals surface area contributed by atoms with Crippen LogP contribution in [0.1, 0.15) is 5.56 Å². The number of hydrogen-bond acceptors (Lipinski definition) is 7. The number of pyridine rings is 1. The maximum absolute atomic E-state index is 11.3. The van der Waals surface area contributed by atoms with Gasteiger partial charge in [0.25, 0.3) is 0 Å². The van der Waals surface area contributed by atoms with E-state index in [9.17, 15) is 4.79 Å². The Labute approximate surface area is 170 Å². The van der Waals surface area contributed by atoms with Gasteiger partial charge in [-0.05, 0) is 29.0 Å². The van der Waals surface area contributed by atoms with E-state index in [1.165, 1.54) is 11.9 Å². The van der Waals surface area contributed by atoms with Crippen LogP contribution in [0.5, 0.6) is 0 Å². The van der Waals surface area contributed by atoms with E-state index >= 15 is 0 Å². The molecule has 29 heavy (non-hydrogen) atoms. The van der Waals surface area contributed by atoms with Crippen LogP contribution in [0.15, 0.2) is 55.1 Å². The maximum Gasteiger partial charge on any atom is 0.329 e. The van der Waals surface area contributed by atoms with Gasteiger partial charge in [-0.25, -0.2) is 9.78 Å². The average molecular weight is 410 g/mol. The molecule has 0 spiro atoms. The zero-order valence-electron chi connectivity index (χ0n) is 15.4. The Morgan fingerprint density at radius 2 is 2.03 bits per heavy atom. The smallest absolute Gasteiger partial charge is 0.329 e. The number of hydrogen-bond donors (Lipinski definition) is 0. The molecule has 146 valence electrons. The SMILES string of the molecule is COC(=O)Cn1nnc(-c2ccnc(-c3cn(Cc4ccccc4Cl)cn3)c2)n1. The van der Waals surface area contributed by atoms with Gasteiger partial charge in [0.15, 0.2) is 6.54 Å². The highest BCUT2D eigenvalue weighted by Gasteiger charge is 2.12. The Morgan fingerprint density at radius 3 is 2.86 bits per heavy atom. The van der Waals surface area contributed by atoms with Crippen LogP contribution in [0.3, 0.4) is 0 Å². The first-order chi connectivity index (χ1) is 14.1. The molecular formula is C19H16ClN7O2. The molecule has 4 aromatic rings. The third-order valence-corrected chi connectivity index (χ3v) is 4.54. The molecule has 0 atom stereocenters. The average Bonchev–Trinajstić information content (AvgIpc) is 3.40. The third kappa shape index (κ3) is 4.30. The molecule has 0 aliphatic carbocycles. The van der Waals surface area contributed by atoms with Crippen molar-refractivity contribution >= 4 is 17.6 Å². The lowest BCUT2D eigenvalue weighted by Gasteiger charge is -2.04. The number of tetrazole rings is 1.